The minimum absolute atomic E-state index is 0.139. The zero-order valence-electron chi connectivity index (χ0n) is 9.23. The van der Waals surface area contributed by atoms with Crippen LogP contribution in [0.2, 0.25) is 0 Å². The molecule has 94 valence electrons. The molecule has 0 fully saturated rings. The van der Waals surface area contributed by atoms with E-state index in [-0.39, 0.29) is 16.5 Å². The molecular weight excluding hydrogens is 276 g/mol. The predicted molar refractivity (Wildman–Crippen MR) is 66.9 cm³/mol. The van der Waals surface area contributed by atoms with Gasteiger partial charge in [0.1, 0.15) is 12.7 Å². The van der Waals surface area contributed by atoms with Crippen molar-refractivity contribution >= 4 is 34.8 Å². The van der Waals surface area contributed by atoms with Crippen LogP contribution < -0.4 is 5.32 Å². The second kappa shape index (κ2) is 5.69. The highest BCUT2D eigenvalue weighted by Gasteiger charge is 2.23. The second-order valence-electron chi connectivity index (χ2n) is 2.97. The third kappa shape index (κ3) is 2.71. The van der Waals surface area contributed by atoms with Crippen molar-refractivity contribution in [2.75, 3.05) is 11.9 Å². The van der Waals surface area contributed by atoms with Crippen LogP contribution in [-0.2, 0) is 0 Å². The summed E-state index contributed by atoms with van der Waals surface area (Å²) in [5, 5.41) is 14.2. The van der Waals surface area contributed by atoms with Gasteiger partial charge in [0.2, 0.25) is 5.82 Å². The molecule has 0 saturated carbocycles. The van der Waals surface area contributed by atoms with Crippen LogP contribution in [0.4, 0.5) is 11.5 Å². The molecule has 0 atom stereocenters. The molecule has 1 N–H and O–H groups in total. The van der Waals surface area contributed by atoms with E-state index in [0.717, 1.165) is 23.3 Å². The van der Waals surface area contributed by atoms with E-state index in [1.165, 1.54) is 12.7 Å². The van der Waals surface area contributed by atoms with E-state index in [0.29, 0.717) is 10.9 Å². The zero-order chi connectivity index (χ0) is 13.0. The molecular formula is C8H8N6O2S2. The number of aromatic nitrogens is 4. The van der Waals surface area contributed by atoms with Crippen LogP contribution in [0, 0.1) is 10.1 Å². The van der Waals surface area contributed by atoms with Crippen LogP contribution in [0.1, 0.15) is 6.92 Å². The Labute approximate surface area is 110 Å². The molecule has 2 rings (SSSR count). The summed E-state index contributed by atoms with van der Waals surface area (Å²) in [5.74, 6) is 0.213. The van der Waals surface area contributed by atoms with E-state index in [2.05, 4.69) is 24.6 Å². The normalized spacial score (nSPS) is 10.3. The van der Waals surface area contributed by atoms with E-state index >= 15 is 0 Å². The lowest BCUT2D eigenvalue weighted by Crippen LogP contribution is -2.05. The van der Waals surface area contributed by atoms with Gasteiger partial charge in [0.15, 0.2) is 9.37 Å². The molecule has 2 aromatic heterocycles. The first-order chi connectivity index (χ1) is 8.72. The Balaban J connectivity index is 2.39. The van der Waals surface area contributed by atoms with Crippen LogP contribution in [0.15, 0.2) is 22.0 Å². The smallest absolute Gasteiger partial charge is 0.343 e. The van der Waals surface area contributed by atoms with Crippen LogP contribution >= 0.6 is 23.3 Å². The highest BCUT2D eigenvalue weighted by atomic mass is 32.2. The largest absolute Gasteiger partial charge is 0.364 e. The Bertz CT molecular complexity index is 547. The molecule has 0 spiro atoms. The zero-order valence-corrected chi connectivity index (χ0v) is 10.9. The van der Waals surface area contributed by atoms with Gasteiger partial charge in [0.25, 0.3) is 0 Å². The fraction of sp³-hybridized carbons (Fsp3) is 0.250. The first-order valence-corrected chi connectivity index (χ1v) is 6.49. The van der Waals surface area contributed by atoms with Gasteiger partial charge in [-0.05, 0) is 30.2 Å². The molecule has 0 aliphatic rings. The molecule has 0 unspecified atom stereocenters. The summed E-state index contributed by atoms with van der Waals surface area (Å²) in [5.41, 5.74) is -0.139. The molecule has 18 heavy (non-hydrogen) atoms. The maximum atomic E-state index is 11.1. The van der Waals surface area contributed by atoms with Gasteiger partial charge in [-0.15, -0.1) is 0 Å². The van der Waals surface area contributed by atoms with Crippen LogP contribution in [0.3, 0.4) is 0 Å². The third-order valence-corrected chi connectivity index (χ3v) is 3.55. The standard InChI is InChI=1S/C8H8N6O2S2/c1-2-9-6-5(14(15)16)7(11-3-10-6)17-8-12-4-13-18-8/h3-4H,2H2,1H3,(H,9,10,11). The summed E-state index contributed by atoms with van der Waals surface area (Å²) in [7, 11) is 0. The van der Waals surface area contributed by atoms with Crippen molar-refractivity contribution in [3.05, 3.63) is 22.8 Å². The predicted octanol–water partition coefficient (Wildman–Crippen LogP) is 1.82. The maximum Gasteiger partial charge on any atom is 0.343 e. The Morgan fingerprint density at radius 1 is 1.44 bits per heavy atom. The summed E-state index contributed by atoms with van der Waals surface area (Å²) >= 11 is 2.26. The second-order valence-corrected chi connectivity index (χ2v) is 4.99. The van der Waals surface area contributed by atoms with Crippen molar-refractivity contribution < 1.29 is 4.92 Å². The average molecular weight is 284 g/mol. The van der Waals surface area contributed by atoms with E-state index in [4.69, 9.17) is 0 Å². The van der Waals surface area contributed by atoms with E-state index in [1.807, 2.05) is 6.92 Å². The molecule has 10 heteroatoms. The average Bonchev–Trinajstić information content (AvgIpc) is 2.82. The lowest BCUT2D eigenvalue weighted by Gasteiger charge is -2.05. The monoisotopic (exact) mass is 284 g/mol. The van der Waals surface area contributed by atoms with Crippen molar-refractivity contribution in [2.24, 2.45) is 0 Å². The van der Waals surface area contributed by atoms with Crippen LogP contribution in [-0.4, -0.2) is 30.8 Å². The minimum Gasteiger partial charge on any atom is -0.364 e. The van der Waals surface area contributed by atoms with Gasteiger partial charge in [0.05, 0.1) is 4.92 Å². The van der Waals surface area contributed by atoms with Crippen molar-refractivity contribution in [1.29, 1.82) is 0 Å². The van der Waals surface area contributed by atoms with Gasteiger partial charge in [-0.1, -0.05) is 0 Å². The van der Waals surface area contributed by atoms with Crippen LogP contribution in [0.5, 0.6) is 0 Å². The number of nitrogens with one attached hydrogen (secondary N) is 1. The molecule has 0 amide bonds. The number of hydrogen-bond acceptors (Lipinski definition) is 9. The summed E-state index contributed by atoms with van der Waals surface area (Å²) in [6, 6.07) is 0. The molecule has 0 aliphatic carbocycles. The van der Waals surface area contributed by atoms with Gasteiger partial charge in [0, 0.05) is 6.54 Å². The Hall–Kier alpha value is -1.81. The molecule has 0 aromatic carbocycles. The van der Waals surface area contributed by atoms with Gasteiger partial charge >= 0.3 is 5.69 Å². The first kappa shape index (κ1) is 12.6. The molecule has 8 nitrogen and oxygen atoms in total. The molecule has 0 saturated heterocycles. The van der Waals surface area contributed by atoms with Crippen molar-refractivity contribution in [2.45, 2.75) is 16.3 Å². The molecule has 0 aliphatic heterocycles. The van der Waals surface area contributed by atoms with E-state index in [9.17, 15) is 10.1 Å². The Kier molecular flexibility index (Phi) is 3.99. The fourth-order valence-corrected chi connectivity index (χ4v) is 2.62. The topological polar surface area (TPSA) is 107 Å². The number of nitro groups is 1. The van der Waals surface area contributed by atoms with E-state index in [1.54, 1.807) is 0 Å². The highest BCUT2D eigenvalue weighted by Crippen LogP contribution is 2.36. The van der Waals surface area contributed by atoms with Gasteiger partial charge in [-0.2, -0.15) is 4.37 Å². The summed E-state index contributed by atoms with van der Waals surface area (Å²) < 4.78 is 4.43. The summed E-state index contributed by atoms with van der Waals surface area (Å²) in [4.78, 5) is 22.3. The first-order valence-electron chi connectivity index (χ1n) is 4.90. The number of nitrogens with zero attached hydrogens (tertiary/aromatic N) is 5. The van der Waals surface area contributed by atoms with Gasteiger partial charge < -0.3 is 5.32 Å². The summed E-state index contributed by atoms with van der Waals surface area (Å²) in [6.07, 6.45) is 2.68. The Morgan fingerprint density at radius 3 is 2.89 bits per heavy atom. The van der Waals surface area contributed by atoms with Crippen molar-refractivity contribution in [3.63, 3.8) is 0 Å². The number of hydrogen-bond donors (Lipinski definition) is 1. The lowest BCUT2D eigenvalue weighted by atomic mass is 10.5. The number of anilines is 1. The molecule has 0 radical (unpaired) electrons. The van der Waals surface area contributed by atoms with Crippen molar-refractivity contribution in [1.82, 2.24) is 19.3 Å². The minimum atomic E-state index is -0.499. The molecule has 2 heterocycles. The quantitative estimate of drug-likeness (QED) is 0.503. The maximum absolute atomic E-state index is 11.1. The highest BCUT2D eigenvalue weighted by molar-refractivity contribution is 8.01. The van der Waals surface area contributed by atoms with E-state index < -0.39 is 4.92 Å². The third-order valence-electron chi connectivity index (χ3n) is 1.84. The van der Waals surface area contributed by atoms with Crippen LogP contribution in [0.25, 0.3) is 0 Å². The van der Waals surface area contributed by atoms with Crippen molar-refractivity contribution in [3.8, 4) is 0 Å². The SMILES string of the molecule is CCNc1ncnc(Sc2ncns2)c1[N+](=O)[O-]. The molecule has 2 aromatic rings. The Morgan fingerprint density at radius 2 is 2.28 bits per heavy atom. The van der Waals surface area contributed by atoms with Gasteiger partial charge in [-0.25, -0.2) is 15.0 Å². The lowest BCUT2D eigenvalue weighted by molar-refractivity contribution is -0.387. The molecule has 0 bridgehead atoms. The number of rotatable bonds is 5. The summed E-state index contributed by atoms with van der Waals surface area (Å²) in [6.45, 7) is 2.38. The fourth-order valence-electron chi connectivity index (χ4n) is 1.19. The van der Waals surface area contributed by atoms with Gasteiger partial charge in [-0.3, -0.25) is 10.1 Å².